The van der Waals surface area contributed by atoms with Crippen molar-refractivity contribution in [1.82, 2.24) is 4.98 Å². The number of aryl methyl sites for hydroxylation is 1. The van der Waals surface area contributed by atoms with E-state index in [0.29, 0.717) is 17.5 Å². The van der Waals surface area contributed by atoms with Gasteiger partial charge in [0.25, 0.3) is 0 Å². The predicted octanol–water partition coefficient (Wildman–Crippen LogP) is 2.17. The number of aromatic nitrogens is 1. The lowest BCUT2D eigenvalue weighted by atomic mass is 10.1. The topological polar surface area (TPSA) is 101 Å². The molecule has 2 aromatic rings. The third kappa shape index (κ3) is 3.57. The molecule has 7 heteroatoms. The highest BCUT2D eigenvalue weighted by atomic mass is 32.1. The van der Waals surface area contributed by atoms with Crippen LogP contribution in [0.3, 0.4) is 0 Å². The van der Waals surface area contributed by atoms with Crippen LogP contribution in [0.1, 0.15) is 17.7 Å². The molecule has 0 spiro atoms. The second-order valence-electron chi connectivity index (χ2n) is 4.45. The zero-order valence-corrected chi connectivity index (χ0v) is 12.2. The average molecular weight is 305 g/mol. The fourth-order valence-electron chi connectivity index (χ4n) is 1.82. The molecule has 0 saturated carbocycles. The number of nitrogens with zero attached hydrogens (tertiary/aromatic N) is 1. The highest BCUT2D eigenvalue weighted by molar-refractivity contribution is 7.80. The van der Waals surface area contributed by atoms with Gasteiger partial charge in [0, 0.05) is 12.1 Å². The van der Waals surface area contributed by atoms with Crippen LogP contribution in [-0.4, -0.2) is 27.6 Å². The lowest BCUT2D eigenvalue weighted by Crippen LogP contribution is -2.14. The standard InChI is InChI=1S/C14H15N3O3S/c1-8-4-2-3-5-9(8)13-17-11(12(15)21)14(20-13)16-7-6-10(18)19/h2-5,16H,6-7H2,1H3,(H2,15,21)(H,18,19). The Kier molecular flexibility index (Phi) is 4.54. The molecule has 0 aliphatic carbocycles. The van der Waals surface area contributed by atoms with Crippen LogP contribution in [-0.2, 0) is 4.79 Å². The van der Waals surface area contributed by atoms with Crippen molar-refractivity contribution in [3.8, 4) is 11.5 Å². The third-order valence-electron chi connectivity index (χ3n) is 2.86. The number of carboxylic acids is 1. The molecule has 0 fully saturated rings. The van der Waals surface area contributed by atoms with Crippen molar-refractivity contribution in [2.45, 2.75) is 13.3 Å². The summed E-state index contributed by atoms with van der Waals surface area (Å²) in [5, 5.41) is 11.5. The maximum atomic E-state index is 10.5. The number of rotatable bonds is 6. The van der Waals surface area contributed by atoms with Crippen LogP contribution in [0.15, 0.2) is 28.7 Å². The van der Waals surface area contributed by atoms with Crippen molar-refractivity contribution >= 4 is 29.1 Å². The van der Waals surface area contributed by atoms with Crippen molar-refractivity contribution in [3.05, 3.63) is 35.5 Å². The molecule has 0 amide bonds. The maximum absolute atomic E-state index is 10.5. The summed E-state index contributed by atoms with van der Waals surface area (Å²) in [5.74, 6) is -0.214. The van der Waals surface area contributed by atoms with E-state index in [1.165, 1.54) is 0 Å². The van der Waals surface area contributed by atoms with Crippen LogP contribution in [0.4, 0.5) is 5.88 Å². The van der Waals surface area contributed by atoms with Gasteiger partial charge in [-0.15, -0.1) is 0 Å². The van der Waals surface area contributed by atoms with Gasteiger partial charge in [0.15, 0.2) is 5.69 Å². The molecule has 0 aliphatic rings. The van der Waals surface area contributed by atoms with E-state index < -0.39 is 5.97 Å². The number of benzene rings is 1. The summed E-state index contributed by atoms with van der Waals surface area (Å²) in [7, 11) is 0. The van der Waals surface area contributed by atoms with Crippen LogP contribution in [0.2, 0.25) is 0 Å². The van der Waals surface area contributed by atoms with Gasteiger partial charge >= 0.3 is 5.97 Å². The number of aliphatic carboxylic acids is 1. The first-order valence-corrected chi connectivity index (χ1v) is 6.72. The molecule has 0 radical (unpaired) electrons. The van der Waals surface area contributed by atoms with Crippen LogP contribution in [0.25, 0.3) is 11.5 Å². The van der Waals surface area contributed by atoms with E-state index >= 15 is 0 Å². The Morgan fingerprint density at radius 1 is 1.48 bits per heavy atom. The van der Waals surface area contributed by atoms with Gasteiger partial charge in [-0.2, -0.15) is 0 Å². The van der Waals surface area contributed by atoms with Crippen LogP contribution < -0.4 is 11.1 Å². The second-order valence-corrected chi connectivity index (χ2v) is 4.89. The molecular formula is C14H15N3O3S. The summed E-state index contributed by atoms with van der Waals surface area (Å²) in [6, 6.07) is 7.62. The maximum Gasteiger partial charge on any atom is 0.305 e. The van der Waals surface area contributed by atoms with Crippen molar-refractivity contribution in [3.63, 3.8) is 0 Å². The van der Waals surface area contributed by atoms with E-state index in [1.807, 2.05) is 31.2 Å². The molecule has 0 saturated heterocycles. The SMILES string of the molecule is Cc1ccccc1-c1nc(C(N)=S)c(NCCC(=O)O)o1. The monoisotopic (exact) mass is 305 g/mol. The van der Waals surface area contributed by atoms with Gasteiger partial charge in [-0.3, -0.25) is 4.79 Å². The number of hydrogen-bond donors (Lipinski definition) is 3. The molecule has 21 heavy (non-hydrogen) atoms. The number of nitrogens with one attached hydrogen (secondary N) is 1. The fraction of sp³-hybridized carbons (Fsp3) is 0.214. The molecule has 0 bridgehead atoms. The molecule has 0 atom stereocenters. The van der Waals surface area contributed by atoms with Gasteiger partial charge in [0.2, 0.25) is 11.8 Å². The molecule has 0 unspecified atom stereocenters. The Balaban J connectivity index is 2.31. The predicted molar refractivity (Wildman–Crippen MR) is 83.3 cm³/mol. The lowest BCUT2D eigenvalue weighted by molar-refractivity contribution is -0.136. The molecule has 4 N–H and O–H groups in total. The number of nitrogens with two attached hydrogens (primary N) is 1. The number of oxazole rings is 1. The van der Waals surface area contributed by atoms with E-state index in [2.05, 4.69) is 10.3 Å². The lowest BCUT2D eigenvalue weighted by Gasteiger charge is -2.02. The van der Waals surface area contributed by atoms with Gasteiger partial charge in [-0.1, -0.05) is 30.4 Å². The quantitative estimate of drug-likeness (QED) is 0.703. The Morgan fingerprint density at radius 2 is 2.19 bits per heavy atom. The first-order valence-electron chi connectivity index (χ1n) is 6.31. The number of anilines is 1. The largest absolute Gasteiger partial charge is 0.481 e. The normalized spacial score (nSPS) is 10.3. The minimum atomic E-state index is -0.905. The summed E-state index contributed by atoms with van der Waals surface area (Å²) in [6.45, 7) is 2.14. The van der Waals surface area contributed by atoms with Gasteiger partial charge in [-0.05, 0) is 18.6 Å². The van der Waals surface area contributed by atoms with Crippen LogP contribution >= 0.6 is 12.2 Å². The number of hydrogen-bond acceptors (Lipinski definition) is 5. The number of thiocarbonyl (C=S) groups is 1. The van der Waals surface area contributed by atoms with Crippen molar-refractivity contribution in [2.24, 2.45) is 5.73 Å². The molecule has 6 nitrogen and oxygen atoms in total. The van der Waals surface area contributed by atoms with Crippen molar-refractivity contribution in [2.75, 3.05) is 11.9 Å². The summed E-state index contributed by atoms with van der Waals surface area (Å²) in [5.41, 5.74) is 7.80. The zero-order chi connectivity index (χ0) is 15.4. The molecule has 2 rings (SSSR count). The minimum Gasteiger partial charge on any atom is -0.481 e. The first kappa shape index (κ1) is 15.0. The highest BCUT2D eigenvalue weighted by Crippen LogP contribution is 2.27. The summed E-state index contributed by atoms with van der Waals surface area (Å²) in [6.07, 6.45) is -0.0445. The smallest absolute Gasteiger partial charge is 0.305 e. The molecule has 1 aromatic carbocycles. The zero-order valence-electron chi connectivity index (χ0n) is 11.4. The van der Waals surface area contributed by atoms with Gasteiger partial charge in [-0.25, -0.2) is 4.98 Å². The first-order chi connectivity index (χ1) is 9.99. The van der Waals surface area contributed by atoms with E-state index in [4.69, 9.17) is 27.5 Å². The number of carbonyl (C=O) groups is 1. The Bertz CT molecular complexity index is 682. The summed E-state index contributed by atoms with van der Waals surface area (Å²) < 4.78 is 5.64. The molecule has 1 heterocycles. The third-order valence-corrected chi connectivity index (χ3v) is 3.05. The summed E-state index contributed by atoms with van der Waals surface area (Å²) in [4.78, 5) is 14.9. The highest BCUT2D eigenvalue weighted by Gasteiger charge is 2.17. The van der Waals surface area contributed by atoms with Crippen LogP contribution in [0, 0.1) is 6.92 Å². The van der Waals surface area contributed by atoms with Gasteiger partial charge < -0.3 is 20.6 Å². The van der Waals surface area contributed by atoms with Crippen molar-refractivity contribution < 1.29 is 14.3 Å². The van der Waals surface area contributed by atoms with E-state index in [0.717, 1.165) is 11.1 Å². The Labute approximate surface area is 127 Å². The van der Waals surface area contributed by atoms with Gasteiger partial charge in [0.1, 0.15) is 4.99 Å². The molecule has 0 aliphatic heterocycles. The Morgan fingerprint density at radius 3 is 2.81 bits per heavy atom. The molecule has 110 valence electrons. The van der Waals surface area contributed by atoms with E-state index in [9.17, 15) is 4.79 Å². The Hall–Kier alpha value is -2.41. The fourth-order valence-corrected chi connectivity index (χ4v) is 1.96. The molecule has 1 aromatic heterocycles. The molecular weight excluding hydrogens is 290 g/mol. The van der Waals surface area contributed by atoms with Gasteiger partial charge in [0.05, 0.1) is 6.42 Å². The van der Waals surface area contributed by atoms with E-state index in [1.54, 1.807) is 0 Å². The average Bonchev–Trinajstić information content (AvgIpc) is 2.83. The van der Waals surface area contributed by atoms with Crippen molar-refractivity contribution in [1.29, 1.82) is 0 Å². The second kappa shape index (κ2) is 6.36. The van der Waals surface area contributed by atoms with Crippen LogP contribution in [0.5, 0.6) is 0 Å². The summed E-state index contributed by atoms with van der Waals surface area (Å²) >= 11 is 4.95. The van der Waals surface area contributed by atoms with E-state index in [-0.39, 0.29) is 18.0 Å². The minimum absolute atomic E-state index is 0.0445. The number of carboxylic acid groups (broad SMARTS) is 1.